The summed E-state index contributed by atoms with van der Waals surface area (Å²) in [5.41, 5.74) is -0.981. The molecule has 0 aromatic heterocycles. The minimum atomic E-state index is -1.16. The first-order chi connectivity index (χ1) is 14.5. The quantitative estimate of drug-likeness (QED) is 0.136. The van der Waals surface area contributed by atoms with Crippen LogP contribution in [0.1, 0.15) is 48.5 Å². The number of hydrogen-bond donors (Lipinski definition) is 1. The van der Waals surface area contributed by atoms with Gasteiger partial charge in [0.05, 0.1) is 0 Å². The molecule has 1 heterocycles. The zero-order valence-corrected chi connectivity index (χ0v) is 23.5. The van der Waals surface area contributed by atoms with E-state index in [9.17, 15) is 19.2 Å². The van der Waals surface area contributed by atoms with Gasteiger partial charge in [-0.3, -0.25) is 19.2 Å². The van der Waals surface area contributed by atoms with Gasteiger partial charge in [-0.05, 0) is 18.5 Å². The van der Waals surface area contributed by atoms with Gasteiger partial charge in [0.25, 0.3) is 0 Å². The molecule has 0 unspecified atom stereocenters. The van der Waals surface area contributed by atoms with Crippen molar-refractivity contribution >= 4 is 44.4 Å². The molecule has 5 atom stereocenters. The Kier molecular flexibility index (Phi) is 18.6. The summed E-state index contributed by atoms with van der Waals surface area (Å²) in [6.45, 7) is 11.3. The average Bonchev–Trinajstić information content (AvgIpc) is 2.66. The van der Waals surface area contributed by atoms with Crippen LogP contribution in [0.4, 0.5) is 0 Å². The van der Waals surface area contributed by atoms with E-state index in [-0.39, 0.29) is 29.0 Å². The van der Waals surface area contributed by atoms with Gasteiger partial charge in [-0.1, -0.05) is 20.8 Å². The van der Waals surface area contributed by atoms with Gasteiger partial charge in [-0.15, -0.1) is 20.6 Å². The number of carbonyl (C=O) groups is 4. The van der Waals surface area contributed by atoms with Crippen molar-refractivity contribution in [1.82, 2.24) is 0 Å². The van der Waals surface area contributed by atoms with Crippen LogP contribution in [0.3, 0.4) is 0 Å². The van der Waals surface area contributed by atoms with Gasteiger partial charge in [0.2, 0.25) is 0 Å². The monoisotopic (exact) mass is 679 g/mol. The summed E-state index contributed by atoms with van der Waals surface area (Å²) in [5, 5.41) is 0. The average molecular weight is 679 g/mol. The first-order valence-electron chi connectivity index (χ1n) is 10.2. The molecule has 0 radical (unpaired) electrons. The van der Waals surface area contributed by atoms with E-state index in [2.05, 4.69) is 33.4 Å². The summed E-state index contributed by atoms with van der Waals surface area (Å²) in [5.74, 6) is -2.57. The third-order valence-corrected chi connectivity index (χ3v) is 7.41. The van der Waals surface area contributed by atoms with E-state index in [0.717, 1.165) is 20.8 Å². The molecule has 1 fully saturated rings. The van der Waals surface area contributed by atoms with Gasteiger partial charge in [0.15, 0.2) is 18.3 Å². The molecule has 0 amide bonds. The Hall–Kier alpha value is -0.640. The number of esters is 4. The summed E-state index contributed by atoms with van der Waals surface area (Å²) in [7, 11) is 0.446. The van der Waals surface area contributed by atoms with Gasteiger partial charge in [-0.25, -0.2) is 0 Å². The molecular formula is C20H35AuO9PS+3. The molecule has 0 spiro atoms. The van der Waals surface area contributed by atoms with Crippen LogP contribution in [-0.2, 0) is 65.2 Å². The smallest absolute Gasteiger partial charge is 0.463 e. The third-order valence-electron chi connectivity index (χ3n) is 4.31. The van der Waals surface area contributed by atoms with Gasteiger partial charge >= 0.3 is 46.3 Å². The Morgan fingerprint density at radius 1 is 0.750 bits per heavy atom. The van der Waals surface area contributed by atoms with Crippen molar-refractivity contribution in [3.63, 3.8) is 0 Å². The van der Waals surface area contributed by atoms with E-state index in [0.29, 0.717) is 7.92 Å². The second kappa shape index (κ2) is 17.8. The minimum Gasteiger partial charge on any atom is -0.463 e. The molecule has 0 aliphatic carbocycles. The van der Waals surface area contributed by atoms with E-state index in [1.54, 1.807) is 0 Å². The second-order valence-corrected chi connectivity index (χ2v) is 10.5. The van der Waals surface area contributed by atoms with Gasteiger partial charge in [0.1, 0.15) is 18.1 Å². The summed E-state index contributed by atoms with van der Waals surface area (Å²) in [6.07, 6.45) is -0.0952. The topological polar surface area (TPSA) is 114 Å². The SMILES string of the molecule is CC(=O)OC[C@H]1O[C@@H](S)[C@@H](OC(C)=O)[C@@H](OC(C)=O)[C@@H]1OC(C)=O.CCP(CC)CC.[Au+3]. The van der Waals surface area contributed by atoms with Crippen LogP contribution in [0.15, 0.2) is 0 Å². The Morgan fingerprint density at radius 2 is 1.16 bits per heavy atom. The number of ether oxygens (including phenoxy) is 5. The molecule has 1 aliphatic rings. The standard InChI is InChI=1S/C14H20O9S.C6H15P.Au/c1-6(15)19-5-10-11(20-7(2)16)12(21-8(3)17)13(14(24)23-10)22-9(4)18;1-4-7(5-2)6-3;/h10-14,24H,5H2,1-4H3;4-6H2,1-3H3;/q;;+3/t10-,11-,12+,13+,14+;;/m1../s1. The Bertz CT molecular complexity index is 598. The molecular weight excluding hydrogens is 644 g/mol. The molecule has 0 bridgehead atoms. The summed E-state index contributed by atoms with van der Waals surface area (Å²) in [4.78, 5) is 45.1. The molecule has 12 heteroatoms. The fourth-order valence-electron chi connectivity index (χ4n) is 2.88. The van der Waals surface area contributed by atoms with E-state index < -0.39 is 53.7 Å². The number of hydrogen-bond acceptors (Lipinski definition) is 10. The molecule has 188 valence electrons. The molecule has 1 rings (SSSR count). The summed E-state index contributed by atoms with van der Waals surface area (Å²) in [6, 6.07) is 0. The van der Waals surface area contributed by atoms with Crippen LogP contribution in [0.25, 0.3) is 0 Å². The summed E-state index contributed by atoms with van der Waals surface area (Å²) >= 11 is 4.18. The van der Waals surface area contributed by atoms with E-state index in [1.165, 1.54) is 25.4 Å². The Balaban J connectivity index is 0. The van der Waals surface area contributed by atoms with Crippen molar-refractivity contribution in [2.24, 2.45) is 0 Å². The van der Waals surface area contributed by atoms with Gasteiger partial charge in [-0.2, -0.15) is 0 Å². The largest absolute Gasteiger partial charge is 3.00 e. The maximum Gasteiger partial charge on any atom is 3.00 e. The predicted molar refractivity (Wildman–Crippen MR) is 119 cm³/mol. The predicted octanol–water partition coefficient (Wildman–Crippen LogP) is 2.52. The normalized spacial score (nSPS) is 24.2. The molecule has 0 saturated carbocycles. The van der Waals surface area contributed by atoms with E-state index >= 15 is 0 Å². The fraction of sp³-hybridized carbons (Fsp3) is 0.800. The van der Waals surface area contributed by atoms with Crippen LogP contribution in [0, 0.1) is 0 Å². The molecule has 0 N–H and O–H groups in total. The zero-order valence-electron chi connectivity index (χ0n) is 19.6. The van der Waals surface area contributed by atoms with Crippen molar-refractivity contribution in [3.05, 3.63) is 0 Å². The number of rotatable bonds is 8. The van der Waals surface area contributed by atoms with Crippen LogP contribution in [0.5, 0.6) is 0 Å². The van der Waals surface area contributed by atoms with Crippen molar-refractivity contribution < 1.29 is 65.2 Å². The van der Waals surface area contributed by atoms with E-state index in [4.69, 9.17) is 23.7 Å². The summed E-state index contributed by atoms with van der Waals surface area (Å²) < 4.78 is 25.8. The van der Waals surface area contributed by atoms with Crippen LogP contribution < -0.4 is 0 Å². The van der Waals surface area contributed by atoms with Crippen LogP contribution in [-0.4, -0.2) is 78.8 Å². The first kappa shape index (κ1) is 33.5. The minimum absolute atomic E-state index is 0. The first-order valence-corrected chi connectivity index (χ1v) is 12.6. The van der Waals surface area contributed by atoms with Crippen molar-refractivity contribution in [3.8, 4) is 0 Å². The van der Waals surface area contributed by atoms with E-state index in [1.807, 2.05) is 0 Å². The number of thiol groups is 1. The zero-order chi connectivity index (χ0) is 24.1. The van der Waals surface area contributed by atoms with Gasteiger partial charge in [0, 0.05) is 27.7 Å². The second-order valence-electron chi connectivity index (χ2n) is 6.71. The van der Waals surface area contributed by atoms with Gasteiger partial charge < -0.3 is 23.7 Å². The fourth-order valence-corrected chi connectivity index (χ4v) is 4.60. The molecule has 1 saturated heterocycles. The molecule has 9 nitrogen and oxygen atoms in total. The molecule has 32 heavy (non-hydrogen) atoms. The number of carbonyl (C=O) groups excluding carboxylic acids is 4. The van der Waals surface area contributed by atoms with Crippen LogP contribution >= 0.6 is 20.6 Å². The Morgan fingerprint density at radius 3 is 1.50 bits per heavy atom. The third kappa shape index (κ3) is 13.2. The van der Waals surface area contributed by atoms with Crippen molar-refractivity contribution in [2.45, 2.75) is 78.3 Å². The van der Waals surface area contributed by atoms with Crippen LogP contribution in [0.2, 0.25) is 0 Å². The van der Waals surface area contributed by atoms with Crippen molar-refractivity contribution in [1.29, 1.82) is 0 Å². The Labute approximate surface area is 212 Å². The molecule has 0 aromatic rings. The maximum atomic E-state index is 11.4. The van der Waals surface area contributed by atoms with Crippen molar-refractivity contribution in [2.75, 3.05) is 25.1 Å². The molecule has 0 aromatic carbocycles. The molecule has 1 aliphatic heterocycles. The maximum absolute atomic E-state index is 11.4.